The lowest BCUT2D eigenvalue weighted by Crippen LogP contribution is -2.22. The predicted octanol–water partition coefficient (Wildman–Crippen LogP) is 4.24. The summed E-state index contributed by atoms with van der Waals surface area (Å²) < 4.78 is 13.8. The maximum atomic E-state index is 13.8. The van der Waals surface area contributed by atoms with Crippen LogP contribution in [-0.4, -0.2) is 6.54 Å². The fourth-order valence-corrected chi connectivity index (χ4v) is 3.03. The first kappa shape index (κ1) is 12.6. The molecule has 1 aromatic heterocycles. The normalized spacial score (nSPS) is 12.6. The summed E-state index contributed by atoms with van der Waals surface area (Å²) in [5, 5.41) is 5.87. The van der Waals surface area contributed by atoms with Gasteiger partial charge in [-0.1, -0.05) is 36.7 Å². The average Bonchev–Trinajstić information content (AvgIpc) is 2.74. The van der Waals surface area contributed by atoms with E-state index in [9.17, 15) is 4.39 Å². The number of hydrogen-bond donors (Lipinski definition) is 1. The van der Waals surface area contributed by atoms with E-state index in [2.05, 4.69) is 5.32 Å². The van der Waals surface area contributed by atoms with Crippen LogP contribution in [0.3, 0.4) is 0 Å². The van der Waals surface area contributed by atoms with Crippen molar-refractivity contribution in [2.45, 2.75) is 13.0 Å². The van der Waals surface area contributed by atoms with Crippen molar-refractivity contribution in [1.82, 2.24) is 5.32 Å². The summed E-state index contributed by atoms with van der Waals surface area (Å²) in [6, 6.07) is 8.46. The summed E-state index contributed by atoms with van der Waals surface area (Å²) in [5.41, 5.74) is 0.638. The molecule has 2 aromatic rings. The van der Waals surface area contributed by atoms with Gasteiger partial charge in [-0.2, -0.15) is 0 Å². The minimum atomic E-state index is -0.206. The molecule has 17 heavy (non-hydrogen) atoms. The fraction of sp³-hybridized carbons (Fsp3) is 0.231. The van der Waals surface area contributed by atoms with Crippen molar-refractivity contribution in [1.29, 1.82) is 0 Å². The third kappa shape index (κ3) is 2.68. The molecule has 0 fully saturated rings. The Labute approximate surface area is 109 Å². The smallest absolute Gasteiger partial charge is 0.128 e. The number of nitrogens with one attached hydrogen (secondary N) is 1. The molecule has 90 valence electrons. The van der Waals surface area contributed by atoms with Gasteiger partial charge in [0.25, 0.3) is 0 Å². The van der Waals surface area contributed by atoms with E-state index in [-0.39, 0.29) is 11.9 Å². The molecule has 0 aliphatic rings. The van der Waals surface area contributed by atoms with E-state index in [1.807, 2.05) is 24.4 Å². The van der Waals surface area contributed by atoms with Gasteiger partial charge < -0.3 is 5.32 Å². The highest BCUT2D eigenvalue weighted by atomic mass is 35.5. The highest BCUT2D eigenvalue weighted by molar-refractivity contribution is 7.10. The van der Waals surface area contributed by atoms with Crippen LogP contribution in [0.2, 0.25) is 5.02 Å². The lowest BCUT2D eigenvalue weighted by molar-refractivity contribution is 0.563. The zero-order valence-electron chi connectivity index (χ0n) is 9.41. The second kappa shape index (κ2) is 5.63. The van der Waals surface area contributed by atoms with Crippen LogP contribution in [-0.2, 0) is 0 Å². The van der Waals surface area contributed by atoms with Gasteiger partial charge in [0, 0.05) is 10.4 Å². The third-order valence-electron chi connectivity index (χ3n) is 2.53. The zero-order chi connectivity index (χ0) is 12.3. The predicted molar refractivity (Wildman–Crippen MR) is 71.2 cm³/mol. The van der Waals surface area contributed by atoms with Gasteiger partial charge in [0.05, 0.1) is 11.1 Å². The summed E-state index contributed by atoms with van der Waals surface area (Å²) in [6.45, 7) is 2.75. The molecular weight excluding hydrogens is 257 g/mol. The van der Waals surface area contributed by atoms with E-state index in [0.29, 0.717) is 10.6 Å². The van der Waals surface area contributed by atoms with E-state index in [1.165, 1.54) is 6.07 Å². The van der Waals surface area contributed by atoms with Crippen LogP contribution in [0.5, 0.6) is 0 Å². The van der Waals surface area contributed by atoms with Crippen molar-refractivity contribution in [2.75, 3.05) is 6.54 Å². The van der Waals surface area contributed by atoms with E-state index >= 15 is 0 Å². The quantitative estimate of drug-likeness (QED) is 0.875. The summed E-state index contributed by atoms with van der Waals surface area (Å²) in [4.78, 5) is 0.957. The Bertz CT molecular complexity index is 498. The first-order chi connectivity index (χ1) is 8.24. The molecular formula is C13H13ClFNS. The van der Waals surface area contributed by atoms with Gasteiger partial charge >= 0.3 is 0 Å². The Balaban J connectivity index is 2.43. The number of halogens is 2. The van der Waals surface area contributed by atoms with Crippen LogP contribution in [0.4, 0.5) is 4.39 Å². The van der Waals surface area contributed by atoms with Crippen molar-refractivity contribution in [3.8, 4) is 0 Å². The molecule has 1 aromatic carbocycles. The van der Waals surface area contributed by atoms with Gasteiger partial charge in [-0.25, -0.2) is 4.39 Å². The largest absolute Gasteiger partial charge is 0.306 e. The molecule has 0 saturated carbocycles. The van der Waals surface area contributed by atoms with Crippen molar-refractivity contribution in [3.05, 3.63) is 57.0 Å². The van der Waals surface area contributed by atoms with Crippen LogP contribution in [0, 0.1) is 5.82 Å². The molecule has 0 radical (unpaired) electrons. The lowest BCUT2D eigenvalue weighted by Gasteiger charge is -2.18. The molecule has 0 bridgehead atoms. The molecule has 0 aliphatic carbocycles. The lowest BCUT2D eigenvalue weighted by atomic mass is 10.0. The van der Waals surface area contributed by atoms with E-state index < -0.39 is 0 Å². The molecule has 0 saturated heterocycles. The zero-order valence-corrected chi connectivity index (χ0v) is 11.0. The van der Waals surface area contributed by atoms with Crippen LogP contribution in [0.25, 0.3) is 0 Å². The molecule has 2 rings (SSSR count). The van der Waals surface area contributed by atoms with Crippen molar-refractivity contribution < 1.29 is 4.39 Å². The summed E-state index contributed by atoms with van der Waals surface area (Å²) in [6.07, 6.45) is 0. The van der Waals surface area contributed by atoms with Crippen LogP contribution in [0.15, 0.2) is 35.7 Å². The van der Waals surface area contributed by atoms with Crippen LogP contribution in [0.1, 0.15) is 23.4 Å². The number of rotatable bonds is 4. The summed E-state index contributed by atoms with van der Waals surface area (Å²) >= 11 is 7.66. The highest BCUT2D eigenvalue weighted by Crippen LogP contribution is 2.33. The van der Waals surface area contributed by atoms with Gasteiger partial charge in [-0.15, -0.1) is 11.3 Å². The topological polar surface area (TPSA) is 12.0 Å². The first-order valence-electron chi connectivity index (χ1n) is 5.44. The molecule has 1 N–H and O–H groups in total. The Morgan fingerprint density at radius 3 is 2.71 bits per heavy atom. The van der Waals surface area contributed by atoms with Gasteiger partial charge in [0.15, 0.2) is 0 Å². The van der Waals surface area contributed by atoms with Crippen LogP contribution < -0.4 is 5.32 Å². The SMILES string of the molecule is CCNC(c1ccccc1F)c1sccc1Cl. The molecule has 0 spiro atoms. The molecule has 0 aliphatic heterocycles. The number of hydrogen-bond acceptors (Lipinski definition) is 2. The Hall–Kier alpha value is -0.900. The highest BCUT2D eigenvalue weighted by Gasteiger charge is 2.20. The van der Waals surface area contributed by atoms with Crippen molar-refractivity contribution in [2.24, 2.45) is 0 Å². The first-order valence-corrected chi connectivity index (χ1v) is 6.70. The number of thiophene rings is 1. The molecule has 4 heteroatoms. The minimum Gasteiger partial charge on any atom is -0.306 e. The molecule has 1 nitrogen and oxygen atoms in total. The summed E-state index contributed by atoms with van der Waals surface area (Å²) in [7, 11) is 0. The molecule has 1 atom stereocenters. The van der Waals surface area contributed by atoms with Crippen molar-refractivity contribution >= 4 is 22.9 Å². The van der Waals surface area contributed by atoms with Gasteiger partial charge in [0.2, 0.25) is 0 Å². The maximum absolute atomic E-state index is 13.8. The number of benzene rings is 1. The van der Waals surface area contributed by atoms with E-state index in [4.69, 9.17) is 11.6 Å². The second-order valence-electron chi connectivity index (χ2n) is 3.64. The monoisotopic (exact) mass is 269 g/mol. The Morgan fingerprint density at radius 1 is 1.35 bits per heavy atom. The maximum Gasteiger partial charge on any atom is 0.128 e. The molecule has 1 heterocycles. The van der Waals surface area contributed by atoms with E-state index in [0.717, 1.165) is 11.4 Å². The second-order valence-corrected chi connectivity index (χ2v) is 5.00. The molecule has 1 unspecified atom stereocenters. The third-order valence-corrected chi connectivity index (χ3v) is 3.95. The van der Waals surface area contributed by atoms with Crippen LogP contribution >= 0.6 is 22.9 Å². The summed E-state index contributed by atoms with van der Waals surface area (Å²) in [5.74, 6) is -0.206. The Kier molecular flexibility index (Phi) is 4.15. The van der Waals surface area contributed by atoms with Gasteiger partial charge in [-0.3, -0.25) is 0 Å². The van der Waals surface area contributed by atoms with Gasteiger partial charge in [-0.05, 0) is 24.1 Å². The van der Waals surface area contributed by atoms with E-state index in [1.54, 1.807) is 23.5 Å². The average molecular weight is 270 g/mol. The fourth-order valence-electron chi connectivity index (χ4n) is 1.77. The minimum absolute atomic E-state index is 0.173. The molecule has 0 amide bonds. The Morgan fingerprint density at radius 2 is 2.12 bits per heavy atom. The van der Waals surface area contributed by atoms with Crippen molar-refractivity contribution in [3.63, 3.8) is 0 Å². The standard InChI is InChI=1S/C13H13ClFNS/c1-2-16-12(13-10(14)7-8-17-13)9-5-3-4-6-11(9)15/h3-8,12,16H,2H2,1H3. The van der Waals surface area contributed by atoms with Gasteiger partial charge in [0.1, 0.15) is 5.82 Å².